The number of carbonyl (C=O) groups is 1. The monoisotopic (exact) mass is 289 g/mol. The second-order valence-corrected chi connectivity index (χ2v) is 5.21. The van der Waals surface area contributed by atoms with E-state index in [1.165, 1.54) is 18.9 Å². The summed E-state index contributed by atoms with van der Waals surface area (Å²) in [5.41, 5.74) is 6.31. The van der Waals surface area contributed by atoms with Gasteiger partial charge >= 0.3 is 5.97 Å². The number of ether oxygens (including phenoxy) is 1. The van der Waals surface area contributed by atoms with Gasteiger partial charge in [-0.3, -0.25) is 4.79 Å². The molecule has 3 nitrogen and oxygen atoms in total. The zero-order valence-corrected chi connectivity index (χ0v) is 10.9. The predicted molar refractivity (Wildman–Crippen MR) is 65.9 cm³/mol. The van der Waals surface area contributed by atoms with Crippen LogP contribution in [0.3, 0.4) is 0 Å². The number of nitrogens with two attached hydrogens (primary N) is 1. The minimum atomic E-state index is -0.233. The van der Waals surface area contributed by atoms with Gasteiger partial charge in [-0.25, -0.2) is 0 Å². The Kier molecular flexibility index (Phi) is 4.47. The molecule has 0 spiro atoms. The number of nitrogen functional groups attached to an aromatic ring is 1. The van der Waals surface area contributed by atoms with Gasteiger partial charge in [0.1, 0.15) is 5.25 Å². The summed E-state index contributed by atoms with van der Waals surface area (Å²) in [7, 11) is 1.39. The number of anilines is 1. The van der Waals surface area contributed by atoms with Crippen LogP contribution in [-0.2, 0) is 9.53 Å². The van der Waals surface area contributed by atoms with Gasteiger partial charge in [-0.2, -0.15) is 0 Å². The minimum absolute atomic E-state index is 0.227. The zero-order chi connectivity index (χ0) is 11.4. The van der Waals surface area contributed by atoms with E-state index in [4.69, 9.17) is 5.73 Å². The molecule has 0 fully saturated rings. The summed E-state index contributed by atoms with van der Waals surface area (Å²) >= 11 is 4.83. The molecule has 0 aliphatic heterocycles. The Labute approximate surface area is 101 Å². The van der Waals surface area contributed by atoms with E-state index >= 15 is 0 Å². The maximum absolute atomic E-state index is 11.2. The van der Waals surface area contributed by atoms with Crippen molar-refractivity contribution in [1.29, 1.82) is 0 Å². The molecule has 5 heteroatoms. The van der Waals surface area contributed by atoms with Crippen LogP contribution in [-0.4, -0.2) is 18.3 Å². The second-order valence-electron chi connectivity index (χ2n) is 2.97. The van der Waals surface area contributed by atoms with Crippen molar-refractivity contribution in [3.05, 3.63) is 22.7 Å². The molecule has 0 heterocycles. The minimum Gasteiger partial charge on any atom is -0.468 e. The van der Waals surface area contributed by atoms with Crippen LogP contribution in [0.1, 0.15) is 6.92 Å². The summed E-state index contributed by atoms with van der Waals surface area (Å²) in [6, 6.07) is 5.49. The van der Waals surface area contributed by atoms with Crippen molar-refractivity contribution in [3.63, 3.8) is 0 Å². The Morgan fingerprint density at radius 3 is 2.80 bits per heavy atom. The number of benzene rings is 1. The lowest BCUT2D eigenvalue weighted by atomic mass is 10.3. The van der Waals surface area contributed by atoms with Gasteiger partial charge in [-0.1, -0.05) is 0 Å². The summed E-state index contributed by atoms with van der Waals surface area (Å²) in [4.78, 5) is 12.2. The Hall–Kier alpha value is -0.680. The van der Waals surface area contributed by atoms with E-state index < -0.39 is 0 Å². The van der Waals surface area contributed by atoms with E-state index in [9.17, 15) is 4.79 Å². The molecule has 1 aromatic rings. The standard InChI is InChI=1S/C10H12BrNO2S/c1-6(10(13)14-2)15-9-4-3-7(12)5-8(9)11/h3-6H,12H2,1-2H3. The number of hydrogen-bond donors (Lipinski definition) is 1. The molecule has 1 unspecified atom stereocenters. The average Bonchev–Trinajstić information content (AvgIpc) is 2.20. The van der Waals surface area contributed by atoms with Crippen LogP contribution in [0.2, 0.25) is 0 Å². The zero-order valence-electron chi connectivity index (χ0n) is 8.49. The van der Waals surface area contributed by atoms with Crippen molar-refractivity contribution in [3.8, 4) is 0 Å². The molecule has 0 radical (unpaired) electrons. The fraction of sp³-hybridized carbons (Fsp3) is 0.300. The normalized spacial score (nSPS) is 12.2. The van der Waals surface area contributed by atoms with Crippen molar-refractivity contribution in [2.75, 3.05) is 12.8 Å². The molecule has 1 atom stereocenters. The molecular formula is C10H12BrNO2S. The van der Waals surface area contributed by atoms with E-state index in [0.717, 1.165) is 9.37 Å². The summed E-state index contributed by atoms with van der Waals surface area (Å²) in [6.07, 6.45) is 0. The largest absolute Gasteiger partial charge is 0.468 e. The lowest BCUT2D eigenvalue weighted by Gasteiger charge is -2.10. The van der Waals surface area contributed by atoms with Crippen molar-refractivity contribution in [2.45, 2.75) is 17.1 Å². The van der Waals surface area contributed by atoms with Crippen LogP contribution in [0.25, 0.3) is 0 Å². The molecule has 2 N–H and O–H groups in total. The van der Waals surface area contributed by atoms with Crippen molar-refractivity contribution in [1.82, 2.24) is 0 Å². The quantitative estimate of drug-likeness (QED) is 0.528. The van der Waals surface area contributed by atoms with Crippen LogP contribution >= 0.6 is 27.7 Å². The summed E-state index contributed by atoms with van der Waals surface area (Å²) < 4.78 is 5.54. The molecule has 0 saturated carbocycles. The number of thioether (sulfide) groups is 1. The third kappa shape index (κ3) is 3.43. The summed E-state index contributed by atoms with van der Waals surface area (Å²) in [6.45, 7) is 1.80. The van der Waals surface area contributed by atoms with Gasteiger partial charge in [0.05, 0.1) is 7.11 Å². The molecule has 0 amide bonds. The first kappa shape index (κ1) is 12.4. The maximum atomic E-state index is 11.2. The van der Waals surface area contributed by atoms with E-state index in [1.807, 2.05) is 12.1 Å². The maximum Gasteiger partial charge on any atom is 0.318 e. The van der Waals surface area contributed by atoms with Crippen LogP contribution in [0.5, 0.6) is 0 Å². The topological polar surface area (TPSA) is 52.3 Å². The molecular weight excluding hydrogens is 278 g/mol. The molecule has 0 saturated heterocycles. The Balaban J connectivity index is 2.76. The van der Waals surface area contributed by atoms with Crippen LogP contribution < -0.4 is 5.73 Å². The molecule has 1 rings (SSSR count). The van der Waals surface area contributed by atoms with Crippen molar-refractivity contribution < 1.29 is 9.53 Å². The number of halogens is 1. The molecule has 15 heavy (non-hydrogen) atoms. The Morgan fingerprint density at radius 1 is 1.60 bits per heavy atom. The van der Waals surface area contributed by atoms with Crippen molar-refractivity contribution >= 4 is 39.3 Å². The van der Waals surface area contributed by atoms with E-state index in [2.05, 4.69) is 20.7 Å². The highest BCUT2D eigenvalue weighted by molar-refractivity contribution is 9.10. The fourth-order valence-electron chi connectivity index (χ4n) is 1.02. The van der Waals surface area contributed by atoms with Gasteiger partial charge in [0.2, 0.25) is 0 Å². The molecule has 82 valence electrons. The smallest absolute Gasteiger partial charge is 0.318 e. The first-order chi connectivity index (χ1) is 7.04. The molecule has 1 aromatic carbocycles. The number of carbonyl (C=O) groups excluding carboxylic acids is 1. The Morgan fingerprint density at radius 2 is 2.27 bits per heavy atom. The number of rotatable bonds is 3. The highest BCUT2D eigenvalue weighted by Crippen LogP contribution is 2.32. The molecule has 0 bridgehead atoms. The van der Waals surface area contributed by atoms with E-state index in [1.54, 1.807) is 13.0 Å². The number of methoxy groups -OCH3 is 1. The summed E-state index contributed by atoms with van der Waals surface area (Å²) in [5.74, 6) is -0.233. The molecule has 0 aliphatic rings. The first-order valence-corrected chi connectivity index (χ1v) is 6.01. The number of hydrogen-bond acceptors (Lipinski definition) is 4. The highest BCUT2D eigenvalue weighted by atomic mass is 79.9. The highest BCUT2D eigenvalue weighted by Gasteiger charge is 2.15. The Bertz CT molecular complexity index is 370. The van der Waals surface area contributed by atoms with Gasteiger partial charge in [-0.05, 0) is 41.1 Å². The lowest BCUT2D eigenvalue weighted by molar-refractivity contribution is -0.139. The van der Waals surface area contributed by atoms with Crippen LogP contribution in [0.15, 0.2) is 27.6 Å². The van der Waals surface area contributed by atoms with E-state index in [0.29, 0.717) is 5.69 Å². The molecule has 0 aromatic heterocycles. The van der Waals surface area contributed by atoms with Gasteiger partial charge in [0.25, 0.3) is 0 Å². The van der Waals surface area contributed by atoms with Gasteiger partial charge in [0, 0.05) is 15.1 Å². The van der Waals surface area contributed by atoms with Crippen LogP contribution in [0.4, 0.5) is 5.69 Å². The lowest BCUT2D eigenvalue weighted by Crippen LogP contribution is -2.14. The summed E-state index contributed by atoms with van der Waals surface area (Å²) in [5, 5.41) is -0.227. The third-order valence-electron chi connectivity index (χ3n) is 1.79. The molecule has 0 aliphatic carbocycles. The fourth-order valence-corrected chi connectivity index (χ4v) is 2.59. The first-order valence-electron chi connectivity index (χ1n) is 4.34. The van der Waals surface area contributed by atoms with Gasteiger partial charge in [-0.15, -0.1) is 11.8 Å². The number of esters is 1. The van der Waals surface area contributed by atoms with Gasteiger partial charge in [0.15, 0.2) is 0 Å². The van der Waals surface area contributed by atoms with E-state index in [-0.39, 0.29) is 11.2 Å². The van der Waals surface area contributed by atoms with Gasteiger partial charge < -0.3 is 10.5 Å². The second kappa shape index (κ2) is 5.42. The SMILES string of the molecule is COC(=O)C(C)Sc1ccc(N)cc1Br. The third-order valence-corrected chi connectivity index (χ3v) is 3.87. The average molecular weight is 290 g/mol. The predicted octanol–water partition coefficient (Wildman–Crippen LogP) is 2.68. The van der Waals surface area contributed by atoms with Crippen molar-refractivity contribution in [2.24, 2.45) is 0 Å². The van der Waals surface area contributed by atoms with Crippen LogP contribution in [0, 0.1) is 0 Å².